The lowest BCUT2D eigenvalue weighted by Gasteiger charge is -2.65. The van der Waals surface area contributed by atoms with Crippen molar-refractivity contribution < 1.29 is 23.8 Å². The first-order valence-corrected chi connectivity index (χ1v) is 17.9. The van der Waals surface area contributed by atoms with E-state index < -0.39 is 17.1 Å². The fourth-order valence-electron chi connectivity index (χ4n) is 9.44. The number of rotatable bonds is 10. The van der Waals surface area contributed by atoms with Crippen LogP contribution in [0.5, 0.6) is 11.5 Å². The molecule has 2 unspecified atom stereocenters. The van der Waals surface area contributed by atoms with Crippen molar-refractivity contribution in [2.45, 2.75) is 88.5 Å². The molecule has 0 N–H and O–H groups in total. The van der Waals surface area contributed by atoms with Crippen molar-refractivity contribution in [1.29, 1.82) is 0 Å². The standard InChI is InChI=1S/C39H44Cl2N2O5/c1-24(2)23-43(34(45)21-27-10-12-29(40)30(41)20-27)31-14-16-39(48-25(3)44)33-22-28-11-13-32(46-4)36-35(28)38(39,37(31)47-36)17-19-42(33)18-15-26-8-6-5-7-9-26/h5-13,20,24,31,33,37H,14-19,21-23H2,1-4H3/t31?,33-,37?,38+,39-/m1/s1. The fourth-order valence-corrected chi connectivity index (χ4v) is 9.76. The molecule has 9 heteroatoms. The van der Waals surface area contributed by atoms with Crippen LogP contribution in [0.1, 0.15) is 62.3 Å². The monoisotopic (exact) mass is 690 g/mol. The zero-order valence-electron chi connectivity index (χ0n) is 28.1. The second-order valence-electron chi connectivity index (χ2n) is 14.3. The van der Waals surface area contributed by atoms with E-state index in [2.05, 4.69) is 49.1 Å². The Morgan fingerprint density at radius 3 is 2.54 bits per heavy atom. The summed E-state index contributed by atoms with van der Waals surface area (Å²) in [5, 5.41) is 0.894. The lowest BCUT2D eigenvalue weighted by molar-refractivity contribution is -0.224. The molecular formula is C39H44Cl2N2O5. The first kappa shape index (κ1) is 33.2. The summed E-state index contributed by atoms with van der Waals surface area (Å²) in [6, 6.07) is 19.8. The van der Waals surface area contributed by atoms with Gasteiger partial charge in [-0.05, 0) is 79.5 Å². The molecule has 0 radical (unpaired) electrons. The van der Waals surface area contributed by atoms with Crippen molar-refractivity contribution in [3.05, 3.63) is 93.0 Å². The minimum absolute atomic E-state index is 0.0166. The van der Waals surface area contributed by atoms with E-state index in [1.54, 1.807) is 19.2 Å². The van der Waals surface area contributed by atoms with Crippen LogP contribution in [0.25, 0.3) is 0 Å². The van der Waals surface area contributed by atoms with Gasteiger partial charge >= 0.3 is 5.97 Å². The Balaban J connectivity index is 1.31. The van der Waals surface area contributed by atoms with Crippen molar-refractivity contribution in [2.24, 2.45) is 5.92 Å². The molecule has 0 aromatic heterocycles. The van der Waals surface area contributed by atoms with Crippen molar-refractivity contribution in [2.75, 3.05) is 26.7 Å². The lowest BCUT2D eigenvalue weighted by atomic mass is 9.48. The number of nitrogens with zero attached hydrogens (tertiary/aromatic N) is 2. The first-order valence-electron chi connectivity index (χ1n) is 17.2. The van der Waals surface area contributed by atoms with Gasteiger partial charge in [0.1, 0.15) is 11.7 Å². The van der Waals surface area contributed by atoms with E-state index >= 15 is 0 Å². The summed E-state index contributed by atoms with van der Waals surface area (Å²) < 4.78 is 19.7. The molecule has 48 heavy (non-hydrogen) atoms. The Morgan fingerprint density at radius 1 is 1.04 bits per heavy atom. The molecule has 254 valence electrons. The number of halogens is 2. The highest BCUT2D eigenvalue weighted by Gasteiger charge is 2.75. The maximum Gasteiger partial charge on any atom is 0.303 e. The number of hydrogen-bond donors (Lipinski definition) is 0. The van der Waals surface area contributed by atoms with Gasteiger partial charge in [-0.2, -0.15) is 0 Å². The number of piperidine rings is 1. The van der Waals surface area contributed by atoms with Gasteiger partial charge < -0.3 is 19.1 Å². The number of carbonyl (C=O) groups excluding carboxylic acids is 2. The molecule has 1 saturated heterocycles. The van der Waals surface area contributed by atoms with Gasteiger partial charge in [0.2, 0.25) is 5.91 Å². The van der Waals surface area contributed by atoms with Crippen LogP contribution in [0.4, 0.5) is 0 Å². The molecule has 2 aliphatic carbocycles. The van der Waals surface area contributed by atoms with E-state index in [0.717, 1.165) is 49.2 Å². The normalized spacial score (nSPS) is 26.9. The summed E-state index contributed by atoms with van der Waals surface area (Å²) in [6.45, 7) is 8.08. The Labute approximate surface area is 293 Å². The molecule has 1 amide bonds. The summed E-state index contributed by atoms with van der Waals surface area (Å²) >= 11 is 12.5. The third-order valence-corrected chi connectivity index (χ3v) is 11.9. The van der Waals surface area contributed by atoms with Gasteiger partial charge in [0.15, 0.2) is 11.5 Å². The van der Waals surface area contributed by atoms with Gasteiger partial charge in [0.25, 0.3) is 0 Å². The zero-order chi connectivity index (χ0) is 33.8. The second-order valence-corrected chi connectivity index (χ2v) is 15.2. The quantitative estimate of drug-likeness (QED) is 0.212. The number of carbonyl (C=O) groups is 2. The minimum atomic E-state index is -0.810. The first-order chi connectivity index (χ1) is 23.1. The van der Waals surface area contributed by atoms with E-state index in [-0.39, 0.29) is 36.3 Å². The van der Waals surface area contributed by atoms with Gasteiger partial charge in [0, 0.05) is 25.6 Å². The molecule has 7 rings (SSSR count). The molecule has 5 atom stereocenters. The van der Waals surface area contributed by atoms with Crippen LogP contribution in [0.15, 0.2) is 60.7 Å². The predicted octanol–water partition coefficient (Wildman–Crippen LogP) is 7.07. The Morgan fingerprint density at radius 2 is 1.83 bits per heavy atom. The van der Waals surface area contributed by atoms with E-state index in [4.69, 9.17) is 37.4 Å². The maximum atomic E-state index is 14.4. The van der Waals surface area contributed by atoms with Crippen molar-refractivity contribution in [3.63, 3.8) is 0 Å². The van der Waals surface area contributed by atoms with Gasteiger partial charge in [-0.25, -0.2) is 0 Å². The van der Waals surface area contributed by atoms with Crippen molar-refractivity contribution in [1.82, 2.24) is 9.80 Å². The SMILES string of the molecule is COc1ccc2c3c1OC1C(N(CC(C)C)C(=O)Cc4ccc(Cl)c(Cl)c4)CC[C@@]4(OC(C)=O)[C@@H](C2)N(CCc2ccccc2)CC[C@]314. The minimum Gasteiger partial charge on any atom is -0.493 e. The number of ether oxygens (including phenoxy) is 3. The van der Waals surface area contributed by atoms with Crippen LogP contribution >= 0.6 is 23.2 Å². The molecule has 3 aromatic rings. The molecule has 1 saturated carbocycles. The van der Waals surface area contributed by atoms with Crippen molar-refractivity contribution in [3.8, 4) is 11.5 Å². The third-order valence-electron chi connectivity index (χ3n) is 11.2. The van der Waals surface area contributed by atoms with Crippen LogP contribution in [-0.4, -0.2) is 72.2 Å². The molecule has 2 aliphatic heterocycles. The Hall–Kier alpha value is -3.26. The highest BCUT2D eigenvalue weighted by atomic mass is 35.5. The summed E-state index contributed by atoms with van der Waals surface area (Å²) in [6.07, 6.45) is 3.48. The van der Waals surface area contributed by atoms with Crippen molar-refractivity contribution >= 4 is 35.1 Å². The van der Waals surface area contributed by atoms with Crippen LogP contribution in [0, 0.1) is 5.92 Å². The zero-order valence-corrected chi connectivity index (χ0v) is 29.7. The molecule has 4 aliphatic rings. The van der Waals surface area contributed by atoms with Crippen LogP contribution in [-0.2, 0) is 39.0 Å². The third kappa shape index (κ3) is 5.37. The highest BCUT2D eigenvalue weighted by molar-refractivity contribution is 6.42. The molecule has 2 heterocycles. The highest BCUT2D eigenvalue weighted by Crippen LogP contribution is 2.67. The predicted molar refractivity (Wildman–Crippen MR) is 187 cm³/mol. The molecule has 2 fully saturated rings. The van der Waals surface area contributed by atoms with Crippen LogP contribution in [0.2, 0.25) is 10.0 Å². The van der Waals surface area contributed by atoms with Gasteiger partial charge in [-0.1, -0.05) is 79.5 Å². The number of benzene rings is 3. The number of hydrogen-bond acceptors (Lipinski definition) is 6. The Kier molecular flexibility index (Phi) is 8.93. The van der Waals surface area contributed by atoms with E-state index in [1.165, 1.54) is 18.1 Å². The topological polar surface area (TPSA) is 68.3 Å². The van der Waals surface area contributed by atoms with E-state index in [9.17, 15) is 9.59 Å². The van der Waals surface area contributed by atoms with E-state index in [1.807, 2.05) is 23.1 Å². The van der Waals surface area contributed by atoms with E-state index in [0.29, 0.717) is 35.2 Å². The summed E-state index contributed by atoms with van der Waals surface area (Å²) in [4.78, 5) is 32.1. The average molecular weight is 692 g/mol. The number of amides is 1. The maximum absolute atomic E-state index is 14.4. The summed E-state index contributed by atoms with van der Waals surface area (Å²) in [5.74, 6) is 1.38. The number of esters is 1. The average Bonchev–Trinajstić information content (AvgIpc) is 3.41. The van der Waals surface area contributed by atoms with Gasteiger partial charge in [0.05, 0.1) is 41.1 Å². The molecule has 1 spiro atoms. The van der Waals surface area contributed by atoms with Crippen LogP contribution < -0.4 is 9.47 Å². The number of methoxy groups -OCH3 is 1. The summed E-state index contributed by atoms with van der Waals surface area (Å²) in [7, 11) is 1.67. The second kappa shape index (κ2) is 12.9. The largest absolute Gasteiger partial charge is 0.493 e. The van der Waals surface area contributed by atoms with Crippen LogP contribution in [0.3, 0.4) is 0 Å². The number of likely N-dealkylation sites (tertiary alicyclic amines) is 1. The molecule has 3 aromatic carbocycles. The Bertz CT molecular complexity index is 1720. The van der Waals surface area contributed by atoms with Gasteiger partial charge in [-0.15, -0.1) is 0 Å². The summed E-state index contributed by atoms with van der Waals surface area (Å²) in [5.41, 5.74) is 2.98. The molecule has 7 nitrogen and oxygen atoms in total. The molecule has 2 bridgehead atoms. The fraction of sp³-hybridized carbons (Fsp3) is 0.487. The van der Waals surface area contributed by atoms with Gasteiger partial charge in [-0.3, -0.25) is 14.5 Å². The lowest BCUT2D eigenvalue weighted by Crippen LogP contribution is -2.79. The smallest absolute Gasteiger partial charge is 0.303 e. The molecular weight excluding hydrogens is 647 g/mol.